The molecule has 0 bridgehead atoms. The first-order chi connectivity index (χ1) is 0. The van der Waals surface area contributed by atoms with Gasteiger partial charge in [-0.15, -0.1) is 0 Å². The van der Waals surface area contributed by atoms with Crippen LogP contribution >= 0.6 is 0 Å². The van der Waals surface area contributed by atoms with E-state index in [2.05, 4.69) is 0 Å². The van der Waals surface area contributed by atoms with Crippen LogP contribution in [-0.2, 0) is 27.7 Å². The predicted molar refractivity (Wildman–Crippen MR) is 0 cm³/mol. The van der Waals surface area contributed by atoms with Crippen molar-refractivity contribution in [1.82, 2.24) is 0 Å². The summed E-state index contributed by atoms with van der Waals surface area (Å²) in [5, 5.41) is 0. The smallest absolute Gasteiger partial charge is 1.00 e. The van der Waals surface area contributed by atoms with Crippen molar-refractivity contribution < 1.29 is 94.5 Å². The summed E-state index contributed by atoms with van der Waals surface area (Å²) < 4.78 is 0. The average molecular weight is 461 g/mol. The van der Waals surface area contributed by atoms with Gasteiger partial charge in [-0.2, -0.15) is 0 Å². The van der Waals surface area contributed by atoms with Gasteiger partial charge in [-0.25, -0.2) is 0 Å². The molecular weight excluding hydrogens is 461 g/mol. The Labute approximate surface area is 92.6 Å². The Bertz CT molecular complexity index is 6.00. The van der Waals surface area contributed by atoms with Gasteiger partial charge in [-0.05, 0) is 0 Å². The molecule has 0 aromatic rings. The first-order valence-electron chi connectivity index (χ1n) is 0. The van der Waals surface area contributed by atoms with Gasteiger partial charge in [-0.1, -0.05) is 0 Å². The summed E-state index contributed by atoms with van der Waals surface area (Å²) >= 11 is 0. The summed E-state index contributed by atoms with van der Waals surface area (Å²) in [5.41, 5.74) is 0. The van der Waals surface area contributed by atoms with Crippen LogP contribution < -0.4 is 66.8 Å². The fraction of sp³-hybridized carbons (Fsp3) is 0. The van der Waals surface area contributed by atoms with Crippen LogP contribution in [0.1, 0.15) is 0 Å². The van der Waals surface area contributed by atoms with Gasteiger partial charge in [-0.3, -0.25) is 0 Å². The summed E-state index contributed by atoms with van der Waals surface area (Å²) in [5.74, 6) is 0. The molecule has 4 heavy (non-hydrogen) atoms. The van der Waals surface area contributed by atoms with Crippen molar-refractivity contribution in [2.45, 2.75) is 0 Å². The topological polar surface area (TPSA) is 0 Å². The molecule has 1 radical (unpaired) electrons. The van der Waals surface area contributed by atoms with Crippen molar-refractivity contribution in [3.05, 3.63) is 0 Å². The van der Waals surface area contributed by atoms with Gasteiger partial charge in [0.2, 0.25) is 0 Å². The molecule has 0 spiro atoms. The van der Waals surface area contributed by atoms with Crippen LogP contribution in [-0.4, -0.2) is 0 Å². The van der Waals surface area contributed by atoms with E-state index in [9.17, 15) is 0 Å². The molecule has 0 aromatic heterocycles. The molecule has 0 heterocycles. The van der Waals surface area contributed by atoms with Gasteiger partial charge in [0.15, 0.2) is 0 Å². The molecule has 4 heteroatoms. The minimum atomic E-state index is 0. The van der Waals surface area contributed by atoms with Crippen molar-refractivity contribution in [2.24, 2.45) is 0 Å². The molecule has 0 aromatic carbocycles. The molecule has 17 valence electrons. The van der Waals surface area contributed by atoms with Crippen LogP contribution in [0.2, 0.25) is 0 Å². The third-order valence-electron chi connectivity index (χ3n) is 0. The van der Waals surface area contributed by atoms with E-state index in [-0.39, 0.29) is 94.5 Å². The van der Waals surface area contributed by atoms with E-state index >= 15 is 0 Å². The zero-order valence-electron chi connectivity index (χ0n) is 2.46. The second-order valence-corrected chi connectivity index (χ2v) is 0. The zero-order valence-corrected chi connectivity index (χ0v) is 12.3. The van der Waals surface area contributed by atoms with E-state index in [1.54, 1.807) is 0 Å². The maximum Gasteiger partial charge on any atom is 1.00 e. The largest absolute Gasteiger partial charge is 1.00 e. The molecule has 0 rings (SSSR count). The summed E-state index contributed by atoms with van der Waals surface area (Å²) in [6, 6.07) is 0. The predicted octanol–water partition coefficient (Wildman–Crippen LogP) is -8.99. The summed E-state index contributed by atoms with van der Waals surface area (Å²) in [6.45, 7) is 0. The van der Waals surface area contributed by atoms with Gasteiger partial charge in [0.1, 0.15) is 0 Å². The number of halogens is 2. The van der Waals surface area contributed by atoms with Gasteiger partial charge >= 0.3 is 46.5 Å². The molecule has 0 nitrogen and oxygen atoms in total. The summed E-state index contributed by atoms with van der Waals surface area (Å²) in [4.78, 5) is 0. The summed E-state index contributed by atoms with van der Waals surface area (Å²) in [6.07, 6.45) is 0. The first-order valence-corrected chi connectivity index (χ1v) is 0. The van der Waals surface area contributed by atoms with Crippen LogP contribution in [0.5, 0.6) is 0 Å². The van der Waals surface area contributed by atoms with Gasteiger partial charge in [0.25, 0.3) is 0 Å². The maximum absolute atomic E-state index is 0. The molecule has 0 fully saturated rings. The Morgan fingerprint density at radius 3 is 0.750 bits per heavy atom. The fourth-order valence-electron chi connectivity index (χ4n) is 0. The third-order valence-corrected chi connectivity index (χ3v) is 0. The monoisotopic (exact) mass is 463 g/mol. The second-order valence-electron chi connectivity index (χ2n) is 0. The van der Waals surface area contributed by atoms with Gasteiger partial charge < -0.3 is 48.0 Å². The zero-order chi connectivity index (χ0) is 0. The van der Waals surface area contributed by atoms with E-state index in [0.717, 1.165) is 0 Å². The third kappa shape index (κ3) is 8.89. The molecular formula is HgI2Li. The van der Waals surface area contributed by atoms with Crippen LogP contribution in [0.15, 0.2) is 0 Å². The molecule has 0 aliphatic heterocycles. The molecule has 0 atom stereocenters. The Balaban J connectivity index is 0. The van der Waals surface area contributed by atoms with E-state index < -0.39 is 0 Å². The minimum Gasteiger partial charge on any atom is -1.00 e. The van der Waals surface area contributed by atoms with Crippen LogP contribution in [0.25, 0.3) is 0 Å². The van der Waals surface area contributed by atoms with E-state index in [1.165, 1.54) is 0 Å². The normalized spacial score (nSPS) is 0. The van der Waals surface area contributed by atoms with Crippen LogP contribution in [0, 0.1) is 0 Å². The Hall–Kier alpha value is 2.99. The molecule has 0 aliphatic rings. The molecule has 0 unspecified atom stereocenters. The molecule has 0 amide bonds. The van der Waals surface area contributed by atoms with Crippen molar-refractivity contribution in [3.8, 4) is 0 Å². The van der Waals surface area contributed by atoms with E-state index in [4.69, 9.17) is 0 Å². The number of hydrogen-bond donors (Lipinski definition) is 0. The Kier molecular flexibility index (Phi) is 117. The minimum absolute atomic E-state index is 0. The van der Waals surface area contributed by atoms with Gasteiger partial charge in [0.05, 0.1) is 0 Å². The van der Waals surface area contributed by atoms with Crippen molar-refractivity contribution in [2.75, 3.05) is 0 Å². The second kappa shape index (κ2) is 16.7. The quantitative estimate of drug-likeness (QED) is 0.249. The van der Waals surface area contributed by atoms with Gasteiger partial charge in [0, 0.05) is 0 Å². The first kappa shape index (κ1) is 28.0. The van der Waals surface area contributed by atoms with Crippen molar-refractivity contribution >= 4 is 0 Å². The van der Waals surface area contributed by atoms with Crippen LogP contribution in [0.3, 0.4) is 0 Å². The fourth-order valence-corrected chi connectivity index (χ4v) is 0. The molecule has 0 saturated heterocycles. The SMILES string of the molecule is [Hg+].[I-].[I-].[Li+]. The molecule has 0 saturated carbocycles. The van der Waals surface area contributed by atoms with Crippen molar-refractivity contribution in [1.29, 1.82) is 0 Å². The summed E-state index contributed by atoms with van der Waals surface area (Å²) in [7, 11) is 0. The molecule has 0 aliphatic carbocycles. The van der Waals surface area contributed by atoms with E-state index in [1.807, 2.05) is 0 Å². The van der Waals surface area contributed by atoms with Crippen molar-refractivity contribution in [3.63, 3.8) is 0 Å². The van der Waals surface area contributed by atoms with Crippen LogP contribution in [0.4, 0.5) is 0 Å². The maximum atomic E-state index is 0. The van der Waals surface area contributed by atoms with E-state index in [0.29, 0.717) is 0 Å². The average Bonchev–Trinajstić information content (AvgIpc) is 0. The standard InChI is InChI=1S/Hg.2HI.Li/h;2*1H;/q+1;;;+1/p-2. The number of rotatable bonds is 0. The number of hydrogen-bond acceptors (Lipinski definition) is 0. The Morgan fingerprint density at radius 2 is 0.750 bits per heavy atom. The molecule has 0 N–H and O–H groups in total. The Morgan fingerprint density at radius 1 is 0.750 bits per heavy atom.